The Hall–Kier alpha value is -3.39. The molecular formula is C18H15N4O3S+. The fourth-order valence-electron chi connectivity index (χ4n) is 2.41. The van der Waals surface area contributed by atoms with Gasteiger partial charge in [-0.25, -0.2) is 9.78 Å². The molecule has 0 aliphatic rings. The van der Waals surface area contributed by atoms with Crippen molar-refractivity contribution in [2.45, 2.75) is 6.92 Å². The van der Waals surface area contributed by atoms with E-state index in [1.807, 2.05) is 30.3 Å². The van der Waals surface area contributed by atoms with Gasteiger partial charge in [-0.2, -0.15) is 5.32 Å². The van der Waals surface area contributed by atoms with E-state index in [1.165, 1.54) is 6.92 Å². The maximum absolute atomic E-state index is 12.6. The molecule has 0 aliphatic carbocycles. The van der Waals surface area contributed by atoms with Crippen LogP contribution in [0.5, 0.6) is 0 Å². The molecule has 0 saturated carbocycles. The Morgan fingerprint density at radius 3 is 2.38 bits per heavy atom. The van der Waals surface area contributed by atoms with Crippen molar-refractivity contribution in [3.05, 3.63) is 65.1 Å². The SMILES string of the molecule is CC(=O)Nc1ccccc1C(=O)Nc1[nH+]c(-c2ccccc2)c(N=O)s1. The highest BCUT2D eigenvalue weighted by Crippen LogP contribution is 2.34. The average molecular weight is 367 g/mol. The zero-order valence-electron chi connectivity index (χ0n) is 13.8. The third-order valence-electron chi connectivity index (χ3n) is 3.51. The first-order valence-electron chi connectivity index (χ1n) is 7.71. The van der Waals surface area contributed by atoms with Gasteiger partial charge in [0.1, 0.15) is 0 Å². The Morgan fingerprint density at radius 1 is 1.00 bits per heavy atom. The standard InChI is InChI=1S/C18H14N4O3S/c1-11(23)19-14-10-6-5-9-13(14)16(24)21-18-20-15(17(22-25)26-18)12-7-3-2-4-8-12/h2-10H,1H3,(H,19,23)(H,20,21,24)/p+1. The molecule has 0 fully saturated rings. The monoisotopic (exact) mass is 367 g/mol. The van der Waals surface area contributed by atoms with Gasteiger partial charge in [0.15, 0.2) is 5.69 Å². The van der Waals surface area contributed by atoms with Gasteiger partial charge in [-0.3, -0.25) is 4.79 Å². The molecule has 0 radical (unpaired) electrons. The van der Waals surface area contributed by atoms with Gasteiger partial charge < -0.3 is 5.32 Å². The molecule has 8 heteroatoms. The summed E-state index contributed by atoms with van der Waals surface area (Å²) in [4.78, 5) is 38.0. The number of nitrogens with zero attached hydrogens (tertiary/aromatic N) is 1. The summed E-state index contributed by atoms with van der Waals surface area (Å²) in [6, 6.07) is 15.9. The molecule has 2 amide bonds. The van der Waals surface area contributed by atoms with Crippen molar-refractivity contribution in [2.75, 3.05) is 10.6 Å². The normalized spacial score (nSPS) is 10.2. The van der Waals surface area contributed by atoms with E-state index in [-0.39, 0.29) is 10.9 Å². The minimum absolute atomic E-state index is 0.238. The van der Waals surface area contributed by atoms with Crippen LogP contribution in [0.3, 0.4) is 0 Å². The summed E-state index contributed by atoms with van der Waals surface area (Å²) >= 11 is 1.04. The molecule has 3 aromatic rings. The lowest BCUT2D eigenvalue weighted by molar-refractivity contribution is -0.340. The molecule has 0 spiro atoms. The molecule has 0 bridgehead atoms. The van der Waals surface area contributed by atoms with Crippen LogP contribution in [0.25, 0.3) is 11.3 Å². The number of aromatic amines is 1. The van der Waals surface area contributed by atoms with Gasteiger partial charge in [0.25, 0.3) is 0 Å². The molecule has 1 aromatic heterocycles. The molecule has 1 heterocycles. The average Bonchev–Trinajstić information content (AvgIpc) is 3.05. The molecular weight excluding hydrogens is 352 g/mol. The van der Waals surface area contributed by atoms with E-state index in [4.69, 9.17) is 0 Å². The van der Waals surface area contributed by atoms with Gasteiger partial charge in [-0.05, 0) is 28.6 Å². The number of para-hydroxylation sites is 1. The van der Waals surface area contributed by atoms with Crippen molar-refractivity contribution < 1.29 is 14.6 Å². The number of rotatable bonds is 5. The topological polar surface area (TPSA) is 102 Å². The van der Waals surface area contributed by atoms with E-state index < -0.39 is 5.91 Å². The fraction of sp³-hybridized carbons (Fsp3) is 0.0556. The lowest BCUT2D eigenvalue weighted by Crippen LogP contribution is -2.19. The summed E-state index contributed by atoms with van der Waals surface area (Å²) in [5.41, 5.74) is 2.05. The molecule has 130 valence electrons. The number of thiazole rings is 1. The number of carbonyl (C=O) groups is 2. The quantitative estimate of drug-likeness (QED) is 0.670. The van der Waals surface area contributed by atoms with Crippen molar-refractivity contribution >= 4 is 39.0 Å². The lowest BCUT2D eigenvalue weighted by Gasteiger charge is -2.06. The third-order valence-corrected chi connectivity index (χ3v) is 4.39. The second-order valence-corrected chi connectivity index (χ2v) is 6.37. The van der Waals surface area contributed by atoms with Gasteiger partial charge in [-0.15, -0.1) is 4.91 Å². The summed E-state index contributed by atoms with van der Waals surface area (Å²) in [6.45, 7) is 1.37. The van der Waals surface area contributed by atoms with Crippen molar-refractivity contribution in [1.29, 1.82) is 0 Å². The van der Waals surface area contributed by atoms with Gasteiger partial charge >= 0.3 is 11.0 Å². The van der Waals surface area contributed by atoms with E-state index in [0.717, 1.165) is 16.9 Å². The van der Waals surface area contributed by atoms with Gasteiger partial charge in [0.05, 0.1) is 11.3 Å². The molecule has 0 unspecified atom stereocenters. The Balaban J connectivity index is 1.88. The summed E-state index contributed by atoms with van der Waals surface area (Å²) < 4.78 is 0. The van der Waals surface area contributed by atoms with Crippen LogP contribution in [0.2, 0.25) is 0 Å². The first-order valence-corrected chi connectivity index (χ1v) is 8.53. The highest BCUT2D eigenvalue weighted by atomic mass is 32.1. The number of hydrogen-bond acceptors (Lipinski definition) is 5. The van der Waals surface area contributed by atoms with Crippen molar-refractivity contribution in [1.82, 2.24) is 0 Å². The maximum atomic E-state index is 12.6. The van der Waals surface area contributed by atoms with Crippen LogP contribution in [-0.2, 0) is 4.79 Å². The molecule has 2 aromatic carbocycles. The highest BCUT2D eigenvalue weighted by molar-refractivity contribution is 7.19. The predicted molar refractivity (Wildman–Crippen MR) is 100 cm³/mol. The van der Waals surface area contributed by atoms with Crippen LogP contribution in [0.15, 0.2) is 59.8 Å². The number of hydrogen-bond donors (Lipinski definition) is 2. The number of nitroso groups, excluding NO2 is 1. The summed E-state index contributed by atoms with van der Waals surface area (Å²) in [5, 5.41) is 8.98. The van der Waals surface area contributed by atoms with E-state index in [9.17, 15) is 14.5 Å². The van der Waals surface area contributed by atoms with E-state index in [0.29, 0.717) is 22.1 Å². The third kappa shape index (κ3) is 3.81. The minimum Gasteiger partial charge on any atom is -0.326 e. The number of carbonyl (C=O) groups excluding carboxylic acids is 2. The summed E-state index contributed by atoms with van der Waals surface area (Å²) in [6.07, 6.45) is 0. The van der Waals surface area contributed by atoms with Crippen LogP contribution < -0.4 is 15.6 Å². The first-order chi connectivity index (χ1) is 12.6. The van der Waals surface area contributed by atoms with Crippen molar-refractivity contribution in [3.63, 3.8) is 0 Å². The molecule has 3 N–H and O–H groups in total. The zero-order chi connectivity index (χ0) is 18.5. The molecule has 3 rings (SSSR count). The van der Waals surface area contributed by atoms with Gasteiger partial charge in [-0.1, -0.05) is 42.5 Å². The van der Waals surface area contributed by atoms with E-state index >= 15 is 0 Å². The maximum Gasteiger partial charge on any atom is 0.341 e. The van der Waals surface area contributed by atoms with Crippen molar-refractivity contribution in [2.24, 2.45) is 5.18 Å². The Bertz CT molecular complexity index is 970. The van der Waals surface area contributed by atoms with Crippen LogP contribution in [-0.4, -0.2) is 11.8 Å². The Kier molecular flexibility index (Phi) is 5.14. The van der Waals surface area contributed by atoms with Gasteiger partial charge in [0, 0.05) is 12.5 Å². The van der Waals surface area contributed by atoms with Crippen LogP contribution in [0.4, 0.5) is 15.8 Å². The molecule has 0 aliphatic heterocycles. The number of anilines is 2. The van der Waals surface area contributed by atoms with E-state index in [2.05, 4.69) is 20.8 Å². The van der Waals surface area contributed by atoms with Crippen LogP contribution in [0, 0.1) is 4.91 Å². The molecule has 26 heavy (non-hydrogen) atoms. The molecule has 7 nitrogen and oxygen atoms in total. The number of amides is 2. The Labute approximate surface area is 153 Å². The smallest absolute Gasteiger partial charge is 0.326 e. The Morgan fingerprint density at radius 2 is 1.69 bits per heavy atom. The second-order valence-electron chi connectivity index (χ2n) is 5.37. The number of nitrogens with one attached hydrogen (secondary N) is 3. The first kappa shape index (κ1) is 17.4. The fourth-order valence-corrected chi connectivity index (χ4v) is 3.21. The minimum atomic E-state index is -0.413. The molecule has 0 saturated heterocycles. The summed E-state index contributed by atoms with van der Waals surface area (Å²) in [7, 11) is 0. The largest absolute Gasteiger partial charge is 0.341 e. The highest BCUT2D eigenvalue weighted by Gasteiger charge is 2.23. The van der Waals surface area contributed by atoms with Crippen molar-refractivity contribution in [3.8, 4) is 11.3 Å². The van der Waals surface area contributed by atoms with Gasteiger partial charge in [0.2, 0.25) is 10.9 Å². The van der Waals surface area contributed by atoms with E-state index in [1.54, 1.807) is 24.3 Å². The predicted octanol–water partition coefficient (Wildman–Crippen LogP) is 3.84. The second kappa shape index (κ2) is 7.66. The summed E-state index contributed by atoms with van der Waals surface area (Å²) in [5.74, 6) is -0.685. The van der Waals surface area contributed by atoms with Crippen LogP contribution >= 0.6 is 11.3 Å². The van der Waals surface area contributed by atoms with Crippen LogP contribution in [0.1, 0.15) is 17.3 Å². The molecule has 0 atom stereocenters. The zero-order valence-corrected chi connectivity index (χ0v) is 14.6. The number of H-pyrrole nitrogens is 1. The number of benzene rings is 2. The number of aromatic nitrogens is 1. The lowest BCUT2D eigenvalue weighted by atomic mass is 10.1.